The maximum Gasteiger partial charge on any atom is 0.0535 e. The molecule has 11 rings (SSSR count). The normalized spacial score (nSPS) is 12.6. The van der Waals surface area contributed by atoms with Crippen LogP contribution in [0.5, 0.6) is 0 Å². The average Bonchev–Trinajstić information content (AvgIpc) is 3.81. The second-order valence-electron chi connectivity index (χ2n) is 16.6. The molecule has 0 spiro atoms. The zero-order valence-corrected chi connectivity index (χ0v) is 33.8. The number of benzene rings is 9. The molecule has 1 nitrogen and oxygen atoms in total. The van der Waals surface area contributed by atoms with Crippen LogP contribution in [0.15, 0.2) is 225 Å². The summed E-state index contributed by atoms with van der Waals surface area (Å²) in [5.41, 5.74) is 22.0. The predicted octanol–water partition coefficient (Wildman–Crippen LogP) is 15.9. The highest BCUT2D eigenvalue weighted by Crippen LogP contribution is 2.49. The van der Waals surface area contributed by atoms with Gasteiger partial charge in [0.05, 0.1) is 5.52 Å². The summed E-state index contributed by atoms with van der Waals surface area (Å²) in [6.07, 6.45) is 2.37. The zero-order valence-electron chi connectivity index (χ0n) is 33.8. The van der Waals surface area contributed by atoms with Gasteiger partial charge < -0.3 is 4.57 Å². The summed E-state index contributed by atoms with van der Waals surface area (Å²) < 4.78 is 2.42. The summed E-state index contributed by atoms with van der Waals surface area (Å²) in [4.78, 5) is 0. The summed E-state index contributed by atoms with van der Waals surface area (Å²) in [6, 6.07) is 80.1. The van der Waals surface area contributed by atoms with E-state index in [2.05, 4.69) is 243 Å². The topological polar surface area (TPSA) is 4.93 Å². The van der Waals surface area contributed by atoms with Crippen LogP contribution >= 0.6 is 0 Å². The van der Waals surface area contributed by atoms with Crippen molar-refractivity contribution in [2.24, 2.45) is 0 Å². The van der Waals surface area contributed by atoms with Crippen molar-refractivity contribution < 1.29 is 0 Å². The molecule has 1 heteroatoms. The molecule has 0 N–H and O–H groups in total. The third-order valence-electron chi connectivity index (χ3n) is 12.6. The molecule has 60 heavy (non-hydrogen) atoms. The van der Waals surface area contributed by atoms with Crippen LogP contribution in [0.25, 0.3) is 94.5 Å². The Hall–Kier alpha value is -7.48. The molecule has 1 aromatic heterocycles. The summed E-state index contributed by atoms with van der Waals surface area (Å²) in [7, 11) is 0. The Balaban J connectivity index is 1.15. The van der Waals surface area contributed by atoms with Crippen molar-refractivity contribution in [1.29, 1.82) is 0 Å². The van der Waals surface area contributed by atoms with Gasteiger partial charge in [0.15, 0.2) is 0 Å². The first-order valence-electron chi connectivity index (χ1n) is 20.9. The van der Waals surface area contributed by atoms with E-state index in [4.69, 9.17) is 0 Å². The minimum absolute atomic E-state index is 0.101. The van der Waals surface area contributed by atoms with Crippen molar-refractivity contribution in [2.75, 3.05) is 0 Å². The van der Waals surface area contributed by atoms with Crippen molar-refractivity contribution in [3.8, 4) is 83.6 Å². The fraction of sp³-hybridized carbons (Fsp3) is 0.0508. The standard InChI is InChI=1S/C59H43N/c1-59(2)56-26-16-15-25-52(56)53-29-28-51(38-57(53)59)60-39-55(50-35-47(42-21-11-5-12-22-42)32-48(36-50)43-23-13-6-14-24-43)54-37-44(27-30-58(54)60)49-33-45(40-17-7-3-8-18-40)31-46(34-49)41-19-9-4-10-20-41/h3-39H,1-2H3. The molecule has 10 aromatic rings. The molecular formula is C59H43N. The van der Waals surface area contributed by atoms with E-state index >= 15 is 0 Å². The monoisotopic (exact) mass is 765 g/mol. The van der Waals surface area contributed by atoms with Gasteiger partial charge in [0, 0.05) is 28.2 Å². The summed E-state index contributed by atoms with van der Waals surface area (Å²) in [5, 5.41) is 1.21. The van der Waals surface area contributed by atoms with Crippen molar-refractivity contribution >= 4 is 10.9 Å². The highest BCUT2D eigenvalue weighted by atomic mass is 15.0. The van der Waals surface area contributed by atoms with Gasteiger partial charge in [-0.05, 0) is 144 Å². The lowest BCUT2D eigenvalue weighted by Crippen LogP contribution is -2.15. The van der Waals surface area contributed by atoms with Gasteiger partial charge in [-0.15, -0.1) is 0 Å². The largest absolute Gasteiger partial charge is 0.316 e. The van der Waals surface area contributed by atoms with Crippen LogP contribution in [0.2, 0.25) is 0 Å². The third kappa shape index (κ3) is 6.19. The lowest BCUT2D eigenvalue weighted by molar-refractivity contribution is 0.660. The number of hydrogen-bond acceptors (Lipinski definition) is 0. The Bertz CT molecular complexity index is 3070. The van der Waals surface area contributed by atoms with Crippen LogP contribution < -0.4 is 0 Å². The van der Waals surface area contributed by atoms with Gasteiger partial charge >= 0.3 is 0 Å². The zero-order chi connectivity index (χ0) is 40.2. The summed E-state index contributed by atoms with van der Waals surface area (Å²) in [5.74, 6) is 0. The summed E-state index contributed by atoms with van der Waals surface area (Å²) >= 11 is 0. The molecule has 0 atom stereocenters. The molecule has 0 aliphatic heterocycles. The SMILES string of the molecule is CC1(C)c2ccccc2-c2ccc(-n3cc(-c4cc(-c5ccccc5)cc(-c5ccccc5)c4)c4cc(-c5cc(-c6ccccc6)cc(-c6ccccc6)c5)ccc43)cc21. The summed E-state index contributed by atoms with van der Waals surface area (Å²) in [6.45, 7) is 4.72. The van der Waals surface area contributed by atoms with Gasteiger partial charge in [-0.1, -0.05) is 172 Å². The molecule has 0 amide bonds. The van der Waals surface area contributed by atoms with E-state index in [-0.39, 0.29) is 5.41 Å². The maximum atomic E-state index is 2.43. The minimum atomic E-state index is -0.101. The van der Waals surface area contributed by atoms with E-state index in [1.165, 1.54) is 106 Å². The lowest BCUT2D eigenvalue weighted by atomic mass is 9.82. The Morgan fingerprint density at radius 3 is 1.25 bits per heavy atom. The van der Waals surface area contributed by atoms with E-state index in [1.807, 2.05) is 0 Å². The van der Waals surface area contributed by atoms with Gasteiger partial charge in [0.25, 0.3) is 0 Å². The molecule has 1 aliphatic carbocycles. The highest BCUT2D eigenvalue weighted by Gasteiger charge is 2.35. The number of rotatable bonds is 7. The molecule has 284 valence electrons. The predicted molar refractivity (Wildman–Crippen MR) is 253 cm³/mol. The molecule has 0 fully saturated rings. The van der Waals surface area contributed by atoms with Gasteiger partial charge in [0.2, 0.25) is 0 Å². The Morgan fingerprint density at radius 1 is 0.300 bits per heavy atom. The van der Waals surface area contributed by atoms with Crippen LogP contribution in [0.1, 0.15) is 25.0 Å². The number of nitrogens with zero attached hydrogens (tertiary/aromatic N) is 1. The Labute approximate surface area is 352 Å². The highest BCUT2D eigenvalue weighted by molar-refractivity contribution is 6.01. The molecule has 0 unspecified atom stereocenters. The van der Waals surface area contributed by atoms with Crippen LogP contribution in [0.3, 0.4) is 0 Å². The lowest BCUT2D eigenvalue weighted by Gasteiger charge is -2.22. The number of hydrogen-bond donors (Lipinski definition) is 0. The van der Waals surface area contributed by atoms with E-state index in [0.29, 0.717) is 0 Å². The van der Waals surface area contributed by atoms with Gasteiger partial charge in [-0.25, -0.2) is 0 Å². The third-order valence-corrected chi connectivity index (χ3v) is 12.6. The van der Waals surface area contributed by atoms with Crippen LogP contribution in [0, 0.1) is 0 Å². The second kappa shape index (κ2) is 14.4. The fourth-order valence-electron chi connectivity index (χ4n) is 9.46. The molecule has 9 aromatic carbocycles. The number of aromatic nitrogens is 1. The van der Waals surface area contributed by atoms with Gasteiger partial charge in [-0.2, -0.15) is 0 Å². The van der Waals surface area contributed by atoms with Gasteiger partial charge in [0.1, 0.15) is 0 Å². The molecule has 0 saturated carbocycles. The first kappa shape index (κ1) is 35.7. The molecule has 1 aliphatic rings. The van der Waals surface area contributed by atoms with E-state index < -0.39 is 0 Å². The quantitative estimate of drug-likeness (QED) is 0.152. The van der Waals surface area contributed by atoms with E-state index in [0.717, 1.165) is 0 Å². The molecule has 0 radical (unpaired) electrons. The van der Waals surface area contributed by atoms with Crippen molar-refractivity contribution in [3.63, 3.8) is 0 Å². The maximum absolute atomic E-state index is 2.43. The Morgan fingerprint density at radius 2 is 0.733 bits per heavy atom. The Kier molecular flexibility index (Phi) is 8.57. The molecule has 0 saturated heterocycles. The van der Waals surface area contributed by atoms with Crippen LogP contribution in [0.4, 0.5) is 0 Å². The van der Waals surface area contributed by atoms with Crippen molar-refractivity contribution in [2.45, 2.75) is 19.3 Å². The first-order valence-corrected chi connectivity index (χ1v) is 20.9. The second-order valence-corrected chi connectivity index (χ2v) is 16.6. The molecular weight excluding hydrogens is 723 g/mol. The molecule has 0 bridgehead atoms. The van der Waals surface area contributed by atoms with Crippen LogP contribution in [-0.4, -0.2) is 4.57 Å². The smallest absolute Gasteiger partial charge is 0.0535 e. The van der Waals surface area contributed by atoms with Crippen molar-refractivity contribution in [3.05, 3.63) is 236 Å². The fourth-order valence-corrected chi connectivity index (χ4v) is 9.46. The van der Waals surface area contributed by atoms with E-state index in [1.54, 1.807) is 0 Å². The minimum Gasteiger partial charge on any atom is -0.316 e. The molecule has 1 heterocycles. The first-order chi connectivity index (χ1) is 29.5. The van der Waals surface area contributed by atoms with Crippen molar-refractivity contribution in [1.82, 2.24) is 4.57 Å². The van der Waals surface area contributed by atoms with E-state index in [9.17, 15) is 0 Å². The average molecular weight is 766 g/mol. The van der Waals surface area contributed by atoms with Crippen LogP contribution in [-0.2, 0) is 5.41 Å². The number of fused-ring (bicyclic) bond motifs is 4. The van der Waals surface area contributed by atoms with Gasteiger partial charge in [-0.3, -0.25) is 0 Å².